The maximum absolute atomic E-state index is 14.9. The lowest BCUT2D eigenvalue weighted by atomic mass is 10.0. The van der Waals surface area contributed by atoms with Crippen LogP contribution < -0.4 is 15.1 Å². The van der Waals surface area contributed by atoms with E-state index >= 15 is 0 Å². The van der Waals surface area contributed by atoms with Crippen LogP contribution in [0.4, 0.5) is 20.6 Å². The van der Waals surface area contributed by atoms with Crippen LogP contribution in [0.25, 0.3) is 11.1 Å². The first-order valence-electron chi connectivity index (χ1n) is 10.3. The van der Waals surface area contributed by atoms with E-state index in [9.17, 15) is 18.8 Å². The topological polar surface area (TPSA) is 79.0 Å². The molecule has 2 aromatic carbocycles. The number of carbonyl (C=O) groups excluding carboxylic acids is 3. The fourth-order valence-electron chi connectivity index (χ4n) is 3.87. The molecule has 8 heteroatoms. The molecule has 0 unspecified atom stereocenters. The van der Waals surface area contributed by atoms with E-state index in [4.69, 9.17) is 4.74 Å². The Labute approximate surface area is 179 Å². The molecule has 31 heavy (non-hydrogen) atoms. The van der Waals surface area contributed by atoms with Crippen LogP contribution in [-0.2, 0) is 14.3 Å². The van der Waals surface area contributed by atoms with Gasteiger partial charge in [-0.25, -0.2) is 9.18 Å². The van der Waals surface area contributed by atoms with E-state index in [1.54, 1.807) is 12.1 Å². The van der Waals surface area contributed by atoms with Gasteiger partial charge in [-0.3, -0.25) is 14.5 Å². The number of carbonyl (C=O) groups is 3. The summed E-state index contributed by atoms with van der Waals surface area (Å²) in [6.07, 6.45) is 0.0777. The SMILES string of the molecule is CC(=O)NC[C@H]1CN(c2ccc(-c3ccc(N4CCC(=O)CC4)cc3)c(F)c2)C(=O)O1. The number of Topliss-reactive ketones (excluding diaryl/α,β-unsaturated/α-hetero) is 1. The van der Waals surface area contributed by atoms with Crippen molar-refractivity contribution in [2.45, 2.75) is 25.9 Å². The van der Waals surface area contributed by atoms with Crippen LogP contribution in [0.2, 0.25) is 0 Å². The highest BCUT2D eigenvalue weighted by molar-refractivity contribution is 5.90. The maximum Gasteiger partial charge on any atom is 0.414 e. The molecular weight excluding hydrogens is 401 g/mol. The number of ketones is 1. The van der Waals surface area contributed by atoms with E-state index in [0.717, 1.165) is 11.3 Å². The van der Waals surface area contributed by atoms with Crippen LogP contribution in [0.3, 0.4) is 0 Å². The average molecular weight is 425 g/mol. The Morgan fingerprint density at radius 3 is 2.42 bits per heavy atom. The minimum absolute atomic E-state index is 0.204. The second-order valence-corrected chi connectivity index (χ2v) is 7.79. The van der Waals surface area contributed by atoms with Gasteiger partial charge in [0, 0.05) is 44.1 Å². The molecule has 2 saturated heterocycles. The molecule has 2 aromatic rings. The summed E-state index contributed by atoms with van der Waals surface area (Å²) in [4.78, 5) is 38.1. The number of rotatable bonds is 5. The Kier molecular flexibility index (Phi) is 5.88. The van der Waals surface area contributed by atoms with Crippen molar-refractivity contribution < 1.29 is 23.5 Å². The van der Waals surface area contributed by atoms with Gasteiger partial charge in [0.2, 0.25) is 5.91 Å². The fourth-order valence-corrected chi connectivity index (χ4v) is 3.87. The number of nitrogens with one attached hydrogen (secondary N) is 1. The highest BCUT2D eigenvalue weighted by Gasteiger charge is 2.32. The fraction of sp³-hybridized carbons (Fsp3) is 0.348. The van der Waals surface area contributed by atoms with Gasteiger partial charge in [-0.15, -0.1) is 0 Å². The molecule has 4 rings (SSSR count). The summed E-state index contributed by atoms with van der Waals surface area (Å²) in [5.41, 5.74) is 2.59. The summed E-state index contributed by atoms with van der Waals surface area (Å²) in [5.74, 6) is -0.352. The van der Waals surface area contributed by atoms with Gasteiger partial charge in [0.15, 0.2) is 0 Å². The van der Waals surface area contributed by atoms with Crippen molar-refractivity contribution in [2.24, 2.45) is 0 Å². The third-order valence-corrected chi connectivity index (χ3v) is 5.58. The van der Waals surface area contributed by atoms with Crippen molar-refractivity contribution in [1.82, 2.24) is 5.32 Å². The van der Waals surface area contributed by atoms with Crippen LogP contribution in [0.1, 0.15) is 19.8 Å². The summed E-state index contributed by atoms with van der Waals surface area (Å²) in [5, 5.41) is 2.62. The molecule has 2 fully saturated rings. The van der Waals surface area contributed by atoms with Gasteiger partial charge in [0.25, 0.3) is 0 Å². The first-order chi connectivity index (χ1) is 14.9. The van der Waals surface area contributed by atoms with E-state index in [-0.39, 0.29) is 19.0 Å². The standard InChI is InChI=1S/C23H24FN3O4/c1-15(28)25-13-20-14-27(23(30)31-20)18-6-7-21(22(24)12-18)16-2-4-17(5-3-16)26-10-8-19(29)9-11-26/h2-7,12,20H,8-11,13-14H2,1H3,(H,25,28)/t20-/m0/s1. The van der Waals surface area contributed by atoms with Gasteiger partial charge in [-0.1, -0.05) is 12.1 Å². The predicted molar refractivity (Wildman–Crippen MR) is 115 cm³/mol. The number of nitrogens with zero attached hydrogens (tertiary/aromatic N) is 2. The lowest BCUT2D eigenvalue weighted by Gasteiger charge is -2.28. The molecule has 0 saturated carbocycles. The van der Waals surface area contributed by atoms with Gasteiger partial charge in [0.05, 0.1) is 18.8 Å². The molecule has 2 aliphatic rings. The first-order valence-corrected chi connectivity index (χ1v) is 10.3. The van der Waals surface area contributed by atoms with Gasteiger partial charge in [0.1, 0.15) is 17.7 Å². The molecular formula is C23H24FN3O4. The van der Waals surface area contributed by atoms with Crippen molar-refractivity contribution in [3.63, 3.8) is 0 Å². The summed E-state index contributed by atoms with van der Waals surface area (Å²) >= 11 is 0. The van der Waals surface area contributed by atoms with Crippen LogP contribution in [0.15, 0.2) is 42.5 Å². The minimum Gasteiger partial charge on any atom is -0.442 e. The third-order valence-electron chi connectivity index (χ3n) is 5.58. The van der Waals surface area contributed by atoms with Crippen LogP contribution in [0, 0.1) is 5.82 Å². The molecule has 2 heterocycles. The Morgan fingerprint density at radius 2 is 1.77 bits per heavy atom. The number of amides is 2. The third kappa shape index (κ3) is 4.68. The van der Waals surface area contributed by atoms with E-state index < -0.39 is 18.0 Å². The van der Waals surface area contributed by atoms with Crippen molar-refractivity contribution in [1.29, 1.82) is 0 Å². The van der Waals surface area contributed by atoms with Crippen molar-refractivity contribution in [3.05, 3.63) is 48.3 Å². The van der Waals surface area contributed by atoms with Crippen LogP contribution >= 0.6 is 0 Å². The van der Waals surface area contributed by atoms with Gasteiger partial charge in [-0.2, -0.15) is 0 Å². The van der Waals surface area contributed by atoms with E-state index in [2.05, 4.69) is 10.2 Å². The lowest BCUT2D eigenvalue weighted by molar-refractivity contribution is -0.120. The Balaban J connectivity index is 1.46. The maximum atomic E-state index is 14.9. The van der Waals surface area contributed by atoms with E-state index in [0.29, 0.717) is 43.0 Å². The number of benzene rings is 2. The zero-order chi connectivity index (χ0) is 22.0. The number of halogens is 1. The monoisotopic (exact) mass is 425 g/mol. The zero-order valence-electron chi connectivity index (χ0n) is 17.3. The van der Waals surface area contributed by atoms with Gasteiger partial charge >= 0.3 is 6.09 Å². The smallest absolute Gasteiger partial charge is 0.414 e. The lowest BCUT2D eigenvalue weighted by Crippen LogP contribution is -2.33. The van der Waals surface area contributed by atoms with E-state index in [1.807, 2.05) is 24.3 Å². The number of cyclic esters (lactones) is 1. The summed E-state index contributed by atoms with van der Waals surface area (Å²) in [6, 6.07) is 12.2. The Hall–Kier alpha value is -3.42. The summed E-state index contributed by atoms with van der Waals surface area (Å²) in [7, 11) is 0. The van der Waals surface area contributed by atoms with Crippen LogP contribution in [-0.4, -0.2) is 50.1 Å². The Morgan fingerprint density at radius 1 is 1.10 bits per heavy atom. The van der Waals surface area contributed by atoms with E-state index in [1.165, 1.54) is 17.9 Å². The number of ether oxygens (including phenoxy) is 1. The molecule has 0 radical (unpaired) electrons. The Bertz CT molecular complexity index is 998. The molecule has 2 amide bonds. The molecule has 0 spiro atoms. The molecule has 2 aliphatic heterocycles. The van der Waals surface area contributed by atoms with Crippen LogP contribution in [0.5, 0.6) is 0 Å². The molecule has 162 valence electrons. The van der Waals surface area contributed by atoms with Crippen molar-refractivity contribution in [2.75, 3.05) is 36.0 Å². The number of hydrogen-bond donors (Lipinski definition) is 1. The second-order valence-electron chi connectivity index (χ2n) is 7.79. The summed E-state index contributed by atoms with van der Waals surface area (Å²) < 4.78 is 20.1. The minimum atomic E-state index is -0.563. The molecule has 0 bridgehead atoms. The normalized spacial score (nSPS) is 18.8. The highest BCUT2D eigenvalue weighted by Crippen LogP contribution is 2.30. The molecule has 7 nitrogen and oxygen atoms in total. The second kappa shape index (κ2) is 8.75. The molecule has 1 atom stereocenters. The number of anilines is 2. The predicted octanol–water partition coefficient (Wildman–Crippen LogP) is 3.12. The first kappa shape index (κ1) is 20.8. The molecule has 0 aromatic heterocycles. The number of hydrogen-bond acceptors (Lipinski definition) is 5. The average Bonchev–Trinajstić information content (AvgIpc) is 3.13. The number of piperidine rings is 1. The van der Waals surface area contributed by atoms with Crippen molar-refractivity contribution in [3.8, 4) is 11.1 Å². The highest BCUT2D eigenvalue weighted by atomic mass is 19.1. The van der Waals surface area contributed by atoms with Gasteiger partial charge < -0.3 is 15.0 Å². The zero-order valence-corrected chi connectivity index (χ0v) is 17.3. The molecule has 0 aliphatic carbocycles. The molecule has 1 N–H and O–H groups in total. The largest absolute Gasteiger partial charge is 0.442 e. The quantitative estimate of drug-likeness (QED) is 0.796. The summed E-state index contributed by atoms with van der Waals surface area (Å²) in [6.45, 7) is 3.26. The van der Waals surface area contributed by atoms with Gasteiger partial charge in [-0.05, 0) is 35.9 Å². The van der Waals surface area contributed by atoms with Crippen molar-refractivity contribution >= 4 is 29.2 Å².